The van der Waals surface area contributed by atoms with Crippen LogP contribution in [0.4, 0.5) is 18.9 Å². The molecule has 4 nitrogen and oxygen atoms in total. The number of nitrogens with zero attached hydrogens (tertiary/aromatic N) is 1. The molecule has 0 saturated carbocycles. The van der Waals surface area contributed by atoms with Crippen molar-refractivity contribution in [2.24, 2.45) is 0 Å². The van der Waals surface area contributed by atoms with E-state index in [1.807, 2.05) is 0 Å². The van der Waals surface area contributed by atoms with Crippen molar-refractivity contribution in [3.8, 4) is 0 Å². The Balaban J connectivity index is 2.34. The quantitative estimate of drug-likeness (QED) is 0.848. The number of benzene rings is 1. The monoisotopic (exact) mass is 344 g/mol. The summed E-state index contributed by atoms with van der Waals surface area (Å²) in [5.41, 5.74) is 3.19. The first-order chi connectivity index (χ1) is 10.7. The van der Waals surface area contributed by atoms with Crippen LogP contribution in [0.2, 0.25) is 0 Å². The number of anilines is 1. The smallest absolute Gasteiger partial charge is 0.288 e. The van der Waals surface area contributed by atoms with Gasteiger partial charge in [-0.2, -0.15) is 29.9 Å². The SMILES string of the molecule is CSCc1cc(C(F)(F)F)ccc1NN1C(=O)C(C)=C(C)C1=O. The Bertz CT molecular complexity index is 674. The van der Waals surface area contributed by atoms with Crippen molar-refractivity contribution in [3.63, 3.8) is 0 Å². The first kappa shape index (κ1) is 17.4. The second kappa shape index (κ2) is 6.27. The number of halogens is 3. The van der Waals surface area contributed by atoms with Gasteiger partial charge >= 0.3 is 6.18 Å². The Morgan fingerprint density at radius 1 is 1.13 bits per heavy atom. The lowest BCUT2D eigenvalue weighted by molar-refractivity contribution is -0.138. The molecule has 23 heavy (non-hydrogen) atoms. The number of rotatable bonds is 4. The third-order valence-corrected chi connectivity index (χ3v) is 4.17. The fourth-order valence-electron chi connectivity index (χ4n) is 2.12. The zero-order chi connectivity index (χ0) is 17.4. The molecule has 1 aliphatic rings. The first-order valence-corrected chi connectivity index (χ1v) is 8.08. The highest BCUT2D eigenvalue weighted by Gasteiger charge is 2.35. The third kappa shape index (κ3) is 3.36. The summed E-state index contributed by atoms with van der Waals surface area (Å²) < 4.78 is 38.5. The summed E-state index contributed by atoms with van der Waals surface area (Å²) in [4.78, 5) is 24.1. The van der Waals surface area contributed by atoms with Gasteiger partial charge in [0.1, 0.15) is 0 Å². The summed E-state index contributed by atoms with van der Waals surface area (Å²) in [5.74, 6) is -0.682. The zero-order valence-electron chi connectivity index (χ0n) is 12.7. The molecule has 1 aromatic rings. The van der Waals surface area contributed by atoms with Crippen molar-refractivity contribution >= 4 is 29.3 Å². The van der Waals surface area contributed by atoms with Gasteiger partial charge in [0, 0.05) is 16.9 Å². The van der Waals surface area contributed by atoms with E-state index in [9.17, 15) is 22.8 Å². The molecule has 1 aromatic carbocycles. The molecule has 0 atom stereocenters. The van der Waals surface area contributed by atoms with Crippen LogP contribution >= 0.6 is 11.8 Å². The van der Waals surface area contributed by atoms with Gasteiger partial charge in [0.25, 0.3) is 11.8 Å². The van der Waals surface area contributed by atoms with Gasteiger partial charge in [-0.05, 0) is 43.9 Å². The van der Waals surface area contributed by atoms with E-state index >= 15 is 0 Å². The van der Waals surface area contributed by atoms with Crippen LogP contribution in [0.3, 0.4) is 0 Å². The van der Waals surface area contributed by atoms with E-state index in [-0.39, 0.29) is 0 Å². The number of hydrazine groups is 1. The summed E-state index contributed by atoms with van der Waals surface area (Å²) >= 11 is 1.34. The standard InChI is InChI=1S/C15H15F3N2O2S/c1-8-9(2)14(22)20(13(8)21)19-12-5-4-11(15(16,17)18)6-10(12)7-23-3/h4-6,19H,7H2,1-3H3. The van der Waals surface area contributed by atoms with Crippen molar-refractivity contribution in [2.45, 2.75) is 25.8 Å². The summed E-state index contributed by atoms with van der Waals surface area (Å²) in [6.45, 7) is 3.07. The van der Waals surface area contributed by atoms with E-state index < -0.39 is 23.6 Å². The molecule has 124 valence electrons. The van der Waals surface area contributed by atoms with Crippen molar-refractivity contribution in [2.75, 3.05) is 11.7 Å². The summed E-state index contributed by atoms with van der Waals surface area (Å²) in [5, 5.41) is 0.830. The molecule has 0 spiro atoms. The van der Waals surface area contributed by atoms with Crippen LogP contribution in [0.15, 0.2) is 29.3 Å². The van der Waals surface area contributed by atoms with Crippen molar-refractivity contribution in [1.82, 2.24) is 5.01 Å². The number of hydrogen-bond acceptors (Lipinski definition) is 4. The van der Waals surface area contributed by atoms with Crippen molar-refractivity contribution in [1.29, 1.82) is 0 Å². The number of imide groups is 1. The molecule has 8 heteroatoms. The molecule has 0 unspecified atom stereocenters. The molecule has 1 N–H and O–H groups in total. The van der Waals surface area contributed by atoms with Gasteiger partial charge in [0.05, 0.1) is 11.3 Å². The van der Waals surface area contributed by atoms with Crippen LogP contribution in [-0.4, -0.2) is 23.1 Å². The molecule has 0 bridgehead atoms. The average Bonchev–Trinajstić information content (AvgIpc) is 2.66. The maximum absolute atomic E-state index is 12.8. The fraction of sp³-hybridized carbons (Fsp3) is 0.333. The summed E-state index contributed by atoms with van der Waals surface area (Å²) in [6, 6.07) is 3.18. The number of thioether (sulfide) groups is 1. The molecule has 0 radical (unpaired) electrons. The Morgan fingerprint density at radius 2 is 1.70 bits per heavy atom. The van der Waals surface area contributed by atoms with E-state index in [0.29, 0.717) is 28.1 Å². The van der Waals surface area contributed by atoms with E-state index in [2.05, 4.69) is 5.43 Å². The Kier molecular flexibility index (Phi) is 4.74. The molecular formula is C15H15F3N2O2S. The number of amides is 2. The largest absolute Gasteiger partial charge is 0.416 e. The lowest BCUT2D eigenvalue weighted by Gasteiger charge is -2.20. The van der Waals surface area contributed by atoms with Crippen molar-refractivity contribution < 1.29 is 22.8 Å². The first-order valence-electron chi connectivity index (χ1n) is 6.68. The number of carbonyl (C=O) groups is 2. The fourth-order valence-corrected chi connectivity index (χ4v) is 2.67. The summed E-state index contributed by atoms with van der Waals surface area (Å²) in [7, 11) is 0. The maximum atomic E-state index is 12.8. The molecule has 0 aromatic heterocycles. The Labute approximate surface area is 135 Å². The van der Waals surface area contributed by atoms with Crippen molar-refractivity contribution in [3.05, 3.63) is 40.5 Å². The number of hydrogen-bond donors (Lipinski definition) is 1. The number of alkyl halides is 3. The van der Waals surface area contributed by atoms with Crippen LogP contribution in [0.25, 0.3) is 0 Å². The lowest BCUT2D eigenvalue weighted by atomic mass is 10.1. The minimum Gasteiger partial charge on any atom is -0.288 e. The predicted octanol–water partition coefficient (Wildman–Crippen LogP) is 3.60. The van der Waals surface area contributed by atoms with Gasteiger partial charge in [0.2, 0.25) is 0 Å². The third-order valence-electron chi connectivity index (χ3n) is 3.57. The lowest BCUT2D eigenvalue weighted by Crippen LogP contribution is -2.37. The predicted molar refractivity (Wildman–Crippen MR) is 82.5 cm³/mol. The highest BCUT2D eigenvalue weighted by molar-refractivity contribution is 7.97. The molecule has 0 aliphatic carbocycles. The number of nitrogens with one attached hydrogen (secondary N) is 1. The van der Waals surface area contributed by atoms with E-state index in [4.69, 9.17) is 0 Å². The highest BCUT2D eigenvalue weighted by atomic mass is 32.2. The zero-order valence-corrected chi connectivity index (χ0v) is 13.6. The Hall–Kier alpha value is -1.96. The van der Waals surface area contributed by atoms with Gasteiger partial charge in [-0.25, -0.2) is 0 Å². The van der Waals surface area contributed by atoms with Crippen LogP contribution < -0.4 is 5.43 Å². The summed E-state index contributed by atoms with van der Waals surface area (Å²) in [6.07, 6.45) is -2.69. The normalized spacial score (nSPS) is 15.7. The second-order valence-corrected chi connectivity index (χ2v) is 5.98. The highest BCUT2D eigenvalue weighted by Crippen LogP contribution is 2.33. The van der Waals surface area contributed by atoms with E-state index in [0.717, 1.165) is 17.1 Å². The Morgan fingerprint density at radius 3 is 2.17 bits per heavy atom. The van der Waals surface area contributed by atoms with Gasteiger partial charge in [-0.1, -0.05) is 0 Å². The van der Waals surface area contributed by atoms with Gasteiger partial charge in [0.15, 0.2) is 0 Å². The molecule has 0 saturated heterocycles. The van der Waals surface area contributed by atoms with Gasteiger partial charge < -0.3 is 0 Å². The molecule has 0 fully saturated rings. The van der Waals surface area contributed by atoms with Crippen LogP contribution in [0, 0.1) is 0 Å². The molecular weight excluding hydrogens is 329 g/mol. The topological polar surface area (TPSA) is 49.4 Å². The van der Waals surface area contributed by atoms with E-state index in [1.54, 1.807) is 6.26 Å². The van der Waals surface area contributed by atoms with Gasteiger partial charge in [-0.3, -0.25) is 15.0 Å². The minimum absolute atomic E-state index is 0.302. The van der Waals surface area contributed by atoms with Crippen LogP contribution in [0.1, 0.15) is 25.0 Å². The molecule has 1 aliphatic heterocycles. The number of carbonyl (C=O) groups excluding carboxylic acids is 2. The minimum atomic E-state index is -4.44. The van der Waals surface area contributed by atoms with Gasteiger partial charge in [-0.15, -0.1) is 0 Å². The average molecular weight is 344 g/mol. The molecule has 2 amide bonds. The van der Waals surface area contributed by atoms with Crippen LogP contribution in [0.5, 0.6) is 0 Å². The molecule has 1 heterocycles. The maximum Gasteiger partial charge on any atom is 0.416 e. The van der Waals surface area contributed by atoms with Crippen LogP contribution in [-0.2, 0) is 21.5 Å². The molecule has 2 rings (SSSR count). The second-order valence-electron chi connectivity index (χ2n) is 5.11. The van der Waals surface area contributed by atoms with E-state index in [1.165, 1.54) is 31.7 Å².